The average molecular weight is 218 g/mol. The van der Waals surface area contributed by atoms with Crippen molar-refractivity contribution < 1.29 is 4.21 Å². The van der Waals surface area contributed by atoms with Gasteiger partial charge in [-0.2, -0.15) is 0 Å². The van der Waals surface area contributed by atoms with Crippen LogP contribution in [0.3, 0.4) is 0 Å². The van der Waals surface area contributed by atoms with Gasteiger partial charge < -0.3 is 5.73 Å². The third-order valence-electron chi connectivity index (χ3n) is 1.63. The van der Waals surface area contributed by atoms with Gasteiger partial charge in [-0.1, -0.05) is 25.4 Å². The van der Waals surface area contributed by atoms with Gasteiger partial charge in [0.25, 0.3) is 0 Å². The fourth-order valence-electron chi connectivity index (χ4n) is 0.905. The Morgan fingerprint density at radius 1 is 1.46 bits per heavy atom. The Morgan fingerprint density at radius 2 is 2.08 bits per heavy atom. The molecule has 1 unspecified atom stereocenters. The van der Waals surface area contributed by atoms with Crippen molar-refractivity contribution in [2.75, 3.05) is 5.73 Å². The quantitative estimate of drug-likeness (QED) is 0.774. The predicted molar refractivity (Wildman–Crippen MR) is 57.4 cm³/mol. The summed E-state index contributed by atoms with van der Waals surface area (Å²) in [5.74, 6) is 0. The van der Waals surface area contributed by atoms with Crippen molar-refractivity contribution in [3.05, 3.63) is 23.2 Å². The van der Waals surface area contributed by atoms with Crippen LogP contribution in [0.25, 0.3) is 0 Å². The minimum atomic E-state index is -0.994. The Bertz CT molecular complexity index is 338. The van der Waals surface area contributed by atoms with Crippen LogP contribution in [0.2, 0.25) is 5.02 Å². The van der Waals surface area contributed by atoms with Crippen molar-refractivity contribution in [2.45, 2.75) is 24.0 Å². The fraction of sp³-hybridized carbons (Fsp3) is 0.333. The highest BCUT2D eigenvalue weighted by atomic mass is 35.5. The maximum absolute atomic E-state index is 11.6. The van der Waals surface area contributed by atoms with Gasteiger partial charge >= 0.3 is 0 Å². The zero-order valence-corrected chi connectivity index (χ0v) is 9.15. The van der Waals surface area contributed by atoms with E-state index in [1.54, 1.807) is 18.2 Å². The summed E-state index contributed by atoms with van der Waals surface area (Å²) in [6, 6.07) is 5.09. The fourth-order valence-corrected chi connectivity index (χ4v) is 2.13. The summed E-state index contributed by atoms with van der Waals surface area (Å²) >= 11 is 5.80. The smallest absolute Gasteiger partial charge is 0.0647 e. The molecule has 0 aliphatic heterocycles. The van der Waals surface area contributed by atoms with Crippen LogP contribution in [-0.4, -0.2) is 9.46 Å². The first-order valence-corrected chi connectivity index (χ1v) is 5.57. The third-order valence-corrected chi connectivity index (χ3v) is 3.53. The summed E-state index contributed by atoms with van der Waals surface area (Å²) in [5.41, 5.74) is 6.05. The summed E-state index contributed by atoms with van der Waals surface area (Å²) in [7, 11) is -0.994. The van der Waals surface area contributed by atoms with Gasteiger partial charge in [0.05, 0.1) is 21.5 Å². The molecule has 2 N–H and O–H groups in total. The van der Waals surface area contributed by atoms with Gasteiger partial charge in [-0.05, 0) is 18.2 Å². The second kappa shape index (κ2) is 4.11. The molecule has 0 aromatic heterocycles. The summed E-state index contributed by atoms with van der Waals surface area (Å²) in [5, 5.41) is 0.561. The molecule has 0 bridgehead atoms. The molecular weight excluding hydrogens is 206 g/mol. The van der Waals surface area contributed by atoms with Crippen molar-refractivity contribution in [3.8, 4) is 0 Å². The van der Waals surface area contributed by atoms with Crippen LogP contribution in [0.15, 0.2) is 23.1 Å². The Kier molecular flexibility index (Phi) is 3.33. The molecule has 0 fully saturated rings. The maximum atomic E-state index is 11.6. The second-order valence-corrected chi connectivity index (χ2v) is 5.45. The molecule has 1 aromatic carbocycles. The van der Waals surface area contributed by atoms with E-state index in [1.165, 1.54) is 0 Å². The number of anilines is 1. The van der Waals surface area contributed by atoms with E-state index in [9.17, 15) is 4.21 Å². The van der Waals surface area contributed by atoms with Crippen molar-refractivity contribution in [1.82, 2.24) is 0 Å². The number of nitrogens with two attached hydrogens (primary N) is 1. The van der Waals surface area contributed by atoms with Gasteiger partial charge in [0.15, 0.2) is 0 Å². The summed E-state index contributed by atoms with van der Waals surface area (Å²) in [4.78, 5) is 0.731. The first-order chi connectivity index (χ1) is 6.02. The van der Waals surface area contributed by atoms with Gasteiger partial charge in [-0.25, -0.2) is 0 Å². The molecule has 2 nitrogen and oxygen atoms in total. The highest BCUT2D eigenvalue weighted by Crippen LogP contribution is 2.22. The average Bonchev–Trinajstić information content (AvgIpc) is 2.08. The zero-order chi connectivity index (χ0) is 10.0. The zero-order valence-electron chi connectivity index (χ0n) is 7.58. The van der Waals surface area contributed by atoms with Crippen molar-refractivity contribution in [2.24, 2.45) is 0 Å². The van der Waals surface area contributed by atoms with E-state index in [2.05, 4.69) is 0 Å². The van der Waals surface area contributed by atoms with Crippen LogP contribution >= 0.6 is 11.6 Å². The van der Waals surface area contributed by atoms with Gasteiger partial charge in [-0.3, -0.25) is 4.21 Å². The van der Waals surface area contributed by atoms with E-state index >= 15 is 0 Å². The molecule has 0 amide bonds. The Labute approximate surface area is 85.5 Å². The van der Waals surface area contributed by atoms with Crippen LogP contribution in [0.5, 0.6) is 0 Å². The largest absolute Gasteiger partial charge is 0.398 e. The van der Waals surface area contributed by atoms with Crippen LogP contribution in [-0.2, 0) is 10.8 Å². The van der Waals surface area contributed by atoms with Gasteiger partial charge in [0.2, 0.25) is 0 Å². The summed E-state index contributed by atoms with van der Waals surface area (Å²) in [6.07, 6.45) is 0. The van der Waals surface area contributed by atoms with Gasteiger partial charge in [0.1, 0.15) is 0 Å². The monoisotopic (exact) mass is 217 g/mol. The first kappa shape index (κ1) is 10.5. The van der Waals surface area contributed by atoms with E-state index in [4.69, 9.17) is 17.3 Å². The number of hydrogen-bond acceptors (Lipinski definition) is 2. The van der Waals surface area contributed by atoms with E-state index in [1.807, 2.05) is 13.8 Å². The molecule has 1 aromatic rings. The van der Waals surface area contributed by atoms with Crippen LogP contribution < -0.4 is 5.73 Å². The molecule has 1 rings (SSSR count). The lowest BCUT2D eigenvalue weighted by atomic mass is 10.3. The minimum Gasteiger partial charge on any atom is -0.398 e. The topological polar surface area (TPSA) is 43.1 Å². The van der Waals surface area contributed by atoms with E-state index < -0.39 is 10.8 Å². The third kappa shape index (κ3) is 2.45. The Hall–Kier alpha value is -0.540. The lowest BCUT2D eigenvalue weighted by molar-refractivity contribution is 0.677. The van der Waals surface area contributed by atoms with Gasteiger partial charge in [0, 0.05) is 10.1 Å². The molecule has 0 saturated heterocycles. The van der Waals surface area contributed by atoms with E-state index in [-0.39, 0.29) is 5.25 Å². The molecular formula is C9H12ClNOS. The normalized spacial score (nSPS) is 13.2. The van der Waals surface area contributed by atoms with Crippen molar-refractivity contribution in [1.29, 1.82) is 0 Å². The highest BCUT2D eigenvalue weighted by molar-refractivity contribution is 7.85. The van der Waals surface area contributed by atoms with E-state index in [0.717, 1.165) is 4.90 Å². The molecule has 0 radical (unpaired) electrons. The number of halogens is 1. The van der Waals surface area contributed by atoms with Gasteiger partial charge in [-0.15, -0.1) is 0 Å². The molecule has 0 heterocycles. The summed E-state index contributed by atoms with van der Waals surface area (Å²) < 4.78 is 11.6. The van der Waals surface area contributed by atoms with Crippen molar-refractivity contribution in [3.63, 3.8) is 0 Å². The van der Waals surface area contributed by atoms with Crippen LogP contribution in [0.1, 0.15) is 13.8 Å². The minimum absolute atomic E-state index is 0.0969. The summed E-state index contributed by atoms with van der Waals surface area (Å²) in [6.45, 7) is 3.81. The Morgan fingerprint density at radius 3 is 2.54 bits per heavy atom. The number of rotatable bonds is 2. The number of hydrogen-bond donors (Lipinski definition) is 1. The molecule has 0 aliphatic rings. The number of nitrogen functional groups attached to an aromatic ring is 1. The second-order valence-electron chi connectivity index (χ2n) is 3.03. The molecule has 0 spiro atoms. The maximum Gasteiger partial charge on any atom is 0.0647 e. The Balaban J connectivity index is 3.04. The molecule has 72 valence electrons. The SMILES string of the molecule is CC(C)S(=O)c1ccc(N)c(Cl)c1. The molecule has 13 heavy (non-hydrogen) atoms. The lowest BCUT2D eigenvalue weighted by Gasteiger charge is -2.06. The molecule has 1 atom stereocenters. The highest BCUT2D eigenvalue weighted by Gasteiger charge is 2.09. The lowest BCUT2D eigenvalue weighted by Crippen LogP contribution is -2.05. The molecule has 0 saturated carbocycles. The number of benzene rings is 1. The predicted octanol–water partition coefficient (Wildman–Crippen LogP) is 2.44. The van der Waals surface area contributed by atoms with E-state index in [0.29, 0.717) is 10.7 Å². The first-order valence-electron chi connectivity index (χ1n) is 3.98. The van der Waals surface area contributed by atoms with Crippen LogP contribution in [0, 0.1) is 0 Å². The molecule has 4 heteroatoms. The standard InChI is InChI=1S/C9H12ClNOS/c1-6(2)13(12)7-3-4-9(11)8(10)5-7/h3-6H,11H2,1-2H3. The van der Waals surface area contributed by atoms with Crippen molar-refractivity contribution >= 4 is 28.1 Å². The van der Waals surface area contributed by atoms with Crippen LogP contribution in [0.4, 0.5) is 5.69 Å². The molecule has 0 aliphatic carbocycles.